The Labute approximate surface area is 109 Å². The SMILES string of the molecule is CCOCC(NC)C1CCOC2(CCSC2)C1. The molecule has 3 atom stereocenters. The molecule has 2 heterocycles. The lowest BCUT2D eigenvalue weighted by atomic mass is 9.81. The highest BCUT2D eigenvalue weighted by Crippen LogP contribution is 2.41. The third kappa shape index (κ3) is 3.37. The summed E-state index contributed by atoms with van der Waals surface area (Å²) in [7, 11) is 2.05. The number of likely N-dealkylation sites (N-methyl/N-ethyl adjacent to an activating group) is 1. The zero-order chi connectivity index (χ0) is 12.1. The minimum atomic E-state index is 0.189. The van der Waals surface area contributed by atoms with E-state index in [0.717, 1.165) is 19.8 Å². The van der Waals surface area contributed by atoms with Gasteiger partial charge in [0.05, 0.1) is 12.2 Å². The van der Waals surface area contributed by atoms with E-state index in [4.69, 9.17) is 9.47 Å². The highest BCUT2D eigenvalue weighted by Gasteiger charge is 2.42. The van der Waals surface area contributed by atoms with Crippen LogP contribution in [0.3, 0.4) is 0 Å². The fraction of sp³-hybridized carbons (Fsp3) is 1.00. The summed E-state index contributed by atoms with van der Waals surface area (Å²) >= 11 is 2.04. The summed E-state index contributed by atoms with van der Waals surface area (Å²) in [6.45, 7) is 4.63. The normalized spacial score (nSPS) is 35.3. The Balaban J connectivity index is 1.90. The van der Waals surface area contributed by atoms with Crippen LogP contribution in [0.15, 0.2) is 0 Å². The first-order chi connectivity index (χ1) is 8.29. The lowest BCUT2D eigenvalue weighted by molar-refractivity contribution is -0.0888. The maximum Gasteiger partial charge on any atom is 0.0783 e. The molecule has 2 aliphatic heterocycles. The molecule has 0 aromatic heterocycles. The lowest BCUT2D eigenvalue weighted by Gasteiger charge is -2.40. The van der Waals surface area contributed by atoms with Crippen molar-refractivity contribution in [3.63, 3.8) is 0 Å². The van der Waals surface area contributed by atoms with Gasteiger partial charge in [0.1, 0.15) is 0 Å². The van der Waals surface area contributed by atoms with E-state index in [1.807, 2.05) is 11.8 Å². The van der Waals surface area contributed by atoms with Crippen molar-refractivity contribution in [2.75, 3.05) is 38.4 Å². The van der Waals surface area contributed by atoms with E-state index in [2.05, 4.69) is 19.3 Å². The summed E-state index contributed by atoms with van der Waals surface area (Å²) in [4.78, 5) is 0. The van der Waals surface area contributed by atoms with Gasteiger partial charge in [-0.3, -0.25) is 0 Å². The predicted molar refractivity (Wildman–Crippen MR) is 72.7 cm³/mol. The molecule has 4 heteroatoms. The molecule has 2 saturated heterocycles. The Morgan fingerprint density at radius 3 is 3.12 bits per heavy atom. The zero-order valence-corrected chi connectivity index (χ0v) is 11.9. The molecule has 0 aromatic rings. The molecule has 2 fully saturated rings. The number of nitrogens with one attached hydrogen (secondary N) is 1. The molecular formula is C13H25NO2S. The van der Waals surface area contributed by atoms with Crippen LogP contribution >= 0.6 is 11.8 Å². The van der Waals surface area contributed by atoms with Crippen molar-refractivity contribution in [1.29, 1.82) is 0 Å². The standard InChI is InChI=1S/C13H25NO2S/c1-3-15-9-12(14-2)11-4-6-16-13(8-11)5-7-17-10-13/h11-12,14H,3-10H2,1-2H3. The lowest BCUT2D eigenvalue weighted by Crippen LogP contribution is -2.47. The molecule has 0 aromatic carbocycles. The van der Waals surface area contributed by atoms with Gasteiger partial charge in [-0.2, -0.15) is 11.8 Å². The van der Waals surface area contributed by atoms with Gasteiger partial charge in [-0.15, -0.1) is 0 Å². The molecule has 100 valence electrons. The number of rotatable bonds is 5. The maximum absolute atomic E-state index is 6.07. The second kappa shape index (κ2) is 6.41. The van der Waals surface area contributed by atoms with Gasteiger partial charge in [-0.1, -0.05) is 0 Å². The Morgan fingerprint density at radius 2 is 2.47 bits per heavy atom. The van der Waals surface area contributed by atoms with Crippen LogP contribution in [0.2, 0.25) is 0 Å². The van der Waals surface area contributed by atoms with E-state index in [-0.39, 0.29) is 5.60 Å². The number of ether oxygens (including phenoxy) is 2. The van der Waals surface area contributed by atoms with Crippen LogP contribution in [0.4, 0.5) is 0 Å². The number of hydrogen-bond acceptors (Lipinski definition) is 4. The van der Waals surface area contributed by atoms with Crippen LogP contribution in [0.25, 0.3) is 0 Å². The molecule has 2 rings (SSSR count). The van der Waals surface area contributed by atoms with Crippen LogP contribution in [0.5, 0.6) is 0 Å². The van der Waals surface area contributed by atoms with Gasteiger partial charge in [0.25, 0.3) is 0 Å². The van der Waals surface area contributed by atoms with E-state index in [1.54, 1.807) is 0 Å². The second-order valence-corrected chi connectivity index (χ2v) is 6.25. The van der Waals surface area contributed by atoms with Crippen molar-refractivity contribution in [3.05, 3.63) is 0 Å². The van der Waals surface area contributed by atoms with E-state index in [0.29, 0.717) is 12.0 Å². The minimum Gasteiger partial charge on any atom is -0.380 e. The third-order valence-corrected chi connectivity index (χ3v) is 5.26. The molecule has 0 amide bonds. The summed E-state index contributed by atoms with van der Waals surface area (Å²) in [6, 6.07) is 0.487. The molecule has 3 nitrogen and oxygen atoms in total. The molecule has 2 aliphatic rings. The summed E-state index contributed by atoms with van der Waals surface area (Å²) in [5.74, 6) is 3.16. The van der Waals surface area contributed by atoms with Crippen LogP contribution < -0.4 is 5.32 Å². The van der Waals surface area contributed by atoms with Crippen molar-refractivity contribution < 1.29 is 9.47 Å². The van der Waals surface area contributed by atoms with Gasteiger partial charge >= 0.3 is 0 Å². The molecule has 17 heavy (non-hydrogen) atoms. The first kappa shape index (κ1) is 13.7. The predicted octanol–water partition coefficient (Wildman–Crippen LogP) is 1.91. The largest absolute Gasteiger partial charge is 0.380 e. The molecular weight excluding hydrogens is 234 g/mol. The van der Waals surface area contributed by atoms with Crippen molar-refractivity contribution in [1.82, 2.24) is 5.32 Å². The molecule has 1 spiro atoms. The summed E-state index contributed by atoms with van der Waals surface area (Å²) in [5, 5.41) is 3.43. The molecule has 0 radical (unpaired) electrons. The van der Waals surface area contributed by atoms with Gasteiger partial charge in [-0.25, -0.2) is 0 Å². The van der Waals surface area contributed by atoms with Gasteiger partial charge < -0.3 is 14.8 Å². The smallest absolute Gasteiger partial charge is 0.0783 e. The summed E-state index contributed by atoms with van der Waals surface area (Å²) in [5.41, 5.74) is 0.189. The first-order valence-electron chi connectivity index (χ1n) is 6.76. The van der Waals surface area contributed by atoms with Crippen molar-refractivity contribution >= 4 is 11.8 Å². The van der Waals surface area contributed by atoms with Crippen LogP contribution in [-0.4, -0.2) is 50.0 Å². The second-order valence-electron chi connectivity index (χ2n) is 5.14. The summed E-state index contributed by atoms with van der Waals surface area (Å²) in [6.07, 6.45) is 3.61. The average Bonchev–Trinajstić information content (AvgIpc) is 2.78. The number of thioether (sulfide) groups is 1. The summed E-state index contributed by atoms with van der Waals surface area (Å²) < 4.78 is 11.6. The minimum absolute atomic E-state index is 0.189. The number of hydrogen-bond donors (Lipinski definition) is 1. The van der Waals surface area contributed by atoms with Crippen molar-refractivity contribution in [3.8, 4) is 0 Å². The highest BCUT2D eigenvalue weighted by atomic mass is 32.2. The van der Waals surface area contributed by atoms with Crippen LogP contribution in [0.1, 0.15) is 26.2 Å². The van der Waals surface area contributed by atoms with E-state index < -0.39 is 0 Å². The quantitative estimate of drug-likeness (QED) is 0.817. The van der Waals surface area contributed by atoms with Crippen LogP contribution in [-0.2, 0) is 9.47 Å². The molecule has 0 aliphatic carbocycles. The van der Waals surface area contributed by atoms with E-state index in [1.165, 1.54) is 30.8 Å². The van der Waals surface area contributed by atoms with Gasteiger partial charge in [0.2, 0.25) is 0 Å². The fourth-order valence-electron chi connectivity index (χ4n) is 2.97. The Hall–Kier alpha value is 0.230. The average molecular weight is 259 g/mol. The van der Waals surface area contributed by atoms with Crippen molar-refractivity contribution in [2.45, 2.75) is 37.8 Å². The topological polar surface area (TPSA) is 30.5 Å². The fourth-order valence-corrected chi connectivity index (χ4v) is 4.35. The van der Waals surface area contributed by atoms with Crippen molar-refractivity contribution in [2.24, 2.45) is 5.92 Å². The molecule has 1 N–H and O–H groups in total. The third-order valence-electron chi connectivity index (χ3n) is 4.04. The van der Waals surface area contributed by atoms with Gasteiger partial charge in [0, 0.05) is 25.0 Å². The Kier molecular flexibility index (Phi) is 5.15. The zero-order valence-electron chi connectivity index (χ0n) is 11.0. The Bertz CT molecular complexity index is 231. The monoisotopic (exact) mass is 259 g/mol. The van der Waals surface area contributed by atoms with E-state index in [9.17, 15) is 0 Å². The van der Waals surface area contributed by atoms with Gasteiger partial charge in [0.15, 0.2) is 0 Å². The maximum atomic E-state index is 6.07. The first-order valence-corrected chi connectivity index (χ1v) is 7.92. The molecule has 0 bridgehead atoms. The van der Waals surface area contributed by atoms with E-state index >= 15 is 0 Å². The molecule has 3 unspecified atom stereocenters. The van der Waals surface area contributed by atoms with Gasteiger partial charge in [-0.05, 0) is 44.9 Å². The Morgan fingerprint density at radius 1 is 1.59 bits per heavy atom. The molecule has 0 saturated carbocycles. The highest BCUT2D eigenvalue weighted by molar-refractivity contribution is 7.99. The van der Waals surface area contributed by atoms with Crippen LogP contribution in [0, 0.1) is 5.92 Å².